The van der Waals surface area contributed by atoms with Gasteiger partial charge in [0.1, 0.15) is 0 Å². The van der Waals surface area contributed by atoms with E-state index in [4.69, 9.17) is 10.3 Å². The summed E-state index contributed by atoms with van der Waals surface area (Å²) in [6.45, 7) is 1.97. The van der Waals surface area contributed by atoms with E-state index >= 15 is 0 Å². The number of thiophene rings is 1. The number of imidazole rings is 1. The highest BCUT2D eigenvalue weighted by atomic mass is 32.1. The lowest BCUT2D eigenvalue weighted by Gasteiger charge is -1.92. The normalized spacial score (nSPS) is 11.0. The summed E-state index contributed by atoms with van der Waals surface area (Å²) in [5.74, 6) is 1.63. The van der Waals surface area contributed by atoms with Crippen LogP contribution in [0.15, 0.2) is 23.0 Å². The van der Waals surface area contributed by atoms with E-state index in [2.05, 4.69) is 15.1 Å². The van der Waals surface area contributed by atoms with Gasteiger partial charge in [-0.3, -0.25) is 0 Å². The topological polar surface area (TPSA) is 82.8 Å². The first-order chi connectivity index (χ1) is 8.65. The molecule has 3 aromatic heterocycles. The molecule has 0 unspecified atom stereocenters. The summed E-state index contributed by atoms with van der Waals surface area (Å²) in [6, 6.07) is 1.89. The first kappa shape index (κ1) is 11.0. The number of nitrogens with two attached hydrogens (primary N) is 1. The van der Waals surface area contributed by atoms with Crippen molar-refractivity contribution in [2.45, 2.75) is 6.92 Å². The lowest BCUT2D eigenvalue weighted by molar-refractivity contribution is 0.432. The van der Waals surface area contributed by atoms with Gasteiger partial charge in [-0.25, -0.2) is 4.98 Å². The summed E-state index contributed by atoms with van der Waals surface area (Å²) in [5.41, 5.74) is 6.79. The zero-order valence-corrected chi connectivity index (χ0v) is 10.7. The molecule has 92 valence electrons. The fourth-order valence-corrected chi connectivity index (χ4v) is 2.57. The molecule has 0 atom stereocenters. The molecule has 6 nitrogen and oxygen atoms in total. The Hall–Kier alpha value is -2.15. The van der Waals surface area contributed by atoms with Crippen LogP contribution in [-0.4, -0.2) is 19.7 Å². The van der Waals surface area contributed by atoms with Gasteiger partial charge in [0.2, 0.25) is 5.82 Å². The van der Waals surface area contributed by atoms with Gasteiger partial charge in [-0.05, 0) is 18.6 Å². The van der Waals surface area contributed by atoms with E-state index in [1.807, 2.05) is 30.8 Å². The smallest absolute Gasteiger partial charge is 0.268 e. The number of rotatable bonds is 2. The summed E-state index contributed by atoms with van der Waals surface area (Å²) in [7, 11) is 1.88. The van der Waals surface area contributed by atoms with E-state index in [0.29, 0.717) is 17.5 Å². The molecule has 0 fully saturated rings. The number of aryl methyl sites for hydroxylation is 2. The predicted octanol–water partition coefficient (Wildman–Crippen LogP) is 2.09. The SMILES string of the molecule is Cc1cc(N)sc1-c1nc(-c2nccn2C)no1. The number of nitrogens with zero attached hydrogens (tertiary/aromatic N) is 4. The predicted molar refractivity (Wildman–Crippen MR) is 69.0 cm³/mol. The molecule has 0 bridgehead atoms. The Morgan fingerprint density at radius 2 is 2.28 bits per heavy atom. The van der Waals surface area contributed by atoms with Gasteiger partial charge >= 0.3 is 0 Å². The Labute approximate surface area is 107 Å². The van der Waals surface area contributed by atoms with Crippen molar-refractivity contribution >= 4 is 16.3 Å². The molecule has 0 aliphatic heterocycles. The molecule has 0 aliphatic carbocycles. The van der Waals surface area contributed by atoms with Crippen molar-refractivity contribution in [2.75, 3.05) is 5.73 Å². The van der Waals surface area contributed by atoms with Crippen molar-refractivity contribution in [1.82, 2.24) is 19.7 Å². The molecule has 0 aromatic carbocycles. The molecular formula is C11H11N5OS. The van der Waals surface area contributed by atoms with Crippen molar-refractivity contribution in [3.05, 3.63) is 24.0 Å². The Bertz CT molecular complexity index is 696. The third-order valence-electron chi connectivity index (χ3n) is 2.58. The van der Waals surface area contributed by atoms with Crippen molar-refractivity contribution in [1.29, 1.82) is 0 Å². The first-order valence-electron chi connectivity index (χ1n) is 5.33. The van der Waals surface area contributed by atoms with Crippen molar-refractivity contribution in [3.8, 4) is 22.4 Å². The lowest BCUT2D eigenvalue weighted by atomic mass is 10.3. The third-order valence-corrected chi connectivity index (χ3v) is 3.63. The highest BCUT2D eigenvalue weighted by Gasteiger charge is 2.17. The van der Waals surface area contributed by atoms with Gasteiger partial charge in [-0.2, -0.15) is 4.98 Å². The van der Waals surface area contributed by atoms with Crippen LogP contribution < -0.4 is 5.73 Å². The number of aromatic nitrogens is 4. The average Bonchev–Trinajstić information content (AvgIpc) is 2.98. The van der Waals surface area contributed by atoms with Gasteiger partial charge in [0.15, 0.2) is 5.82 Å². The van der Waals surface area contributed by atoms with Gasteiger partial charge in [-0.1, -0.05) is 5.16 Å². The Kier molecular flexibility index (Phi) is 2.41. The van der Waals surface area contributed by atoms with Gasteiger partial charge in [0, 0.05) is 19.4 Å². The first-order valence-corrected chi connectivity index (χ1v) is 6.14. The van der Waals surface area contributed by atoms with Crippen molar-refractivity contribution in [3.63, 3.8) is 0 Å². The molecule has 3 rings (SSSR count). The van der Waals surface area contributed by atoms with Gasteiger partial charge in [0.05, 0.1) is 9.88 Å². The zero-order valence-electron chi connectivity index (χ0n) is 9.91. The van der Waals surface area contributed by atoms with Crippen LogP contribution in [-0.2, 0) is 7.05 Å². The summed E-state index contributed by atoms with van der Waals surface area (Å²) in [4.78, 5) is 9.43. The van der Waals surface area contributed by atoms with E-state index in [9.17, 15) is 0 Å². The minimum absolute atomic E-state index is 0.476. The molecule has 2 N–H and O–H groups in total. The molecule has 0 amide bonds. The zero-order chi connectivity index (χ0) is 12.7. The highest BCUT2D eigenvalue weighted by molar-refractivity contribution is 7.19. The maximum absolute atomic E-state index is 5.75. The maximum atomic E-state index is 5.75. The lowest BCUT2D eigenvalue weighted by Crippen LogP contribution is -1.92. The molecule has 0 spiro atoms. The number of nitrogen functional groups attached to an aromatic ring is 1. The van der Waals surface area contributed by atoms with Crippen LogP contribution in [0.5, 0.6) is 0 Å². The molecule has 7 heteroatoms. The molecule has 0 radical (unpaired) electrons. The second-order valence-electron chi connectivity index (χ2n) is 3.95. The van der Waals surface area contributed by atoms with E-state index in [-0.39, 0.29) is 0 Å². The van der Waals surface area contributed by atoms with Crippen LogP contribution in [0.2, 0.25) is 0 Å². The van der Waals surface area contributed by atoms with Crippen LogP contribution in [0.1, 0.15) is 5.56 Å². The molecule has 0 saturated carbocycles. The van der Waals surface area contributed by atoms with E-state index in [0.717, 1.165) is 15.4 Å². The Morgan fingerprint density at radius 1 is 1.44 bits per heavy atom. The molecule has 3 heterocycles. The Balaban J connectivity index is 2.05. The largest absolute Gasteiger partial charge is 0.391 e. The van der Waals surface area contributed by atoms with Crippen LogP contribution in [0, 0.1) is 6.92 Å². The standard InChI is InChI=1S/C11H11N5OS/c1-6-5-7(12)18-8(6)11-14-9(15-17-11)10-13-3-4-16(10)2/h3-5H,12H2,1-2H3. The molecule has 0 aliphatic rings. The summed E-state index contributed by atoms with van der Waals surface area (Å²) in [6.07, 6.45) is 3.53. The fraction of sp³-hybridized carbons (Fsp3) is 0.182. The monoisotopic (exact) mass is 261 g/mol. The van der Waals surface area contributed by atoms with Gasteiger partial charge in [-0.15, -0.1) is 11.3 Å². The molecule has 3 aromatic rings. The Morgan fingerprint density at radius 3 is 2.89 bits per heavy atom. The summed E-state index contributed by atoms with van der Waals surface area (Å²) >= 11 is 1.44. The number of hydrogen-bond donors (Lipinski definition) is 1. The number of anilines is 1. The van der Waals surface area contributed by atoms with Crippen LogP contribution in [0.3, 0.4) is 0 Å². The van der Waals surface area contributed by atoms with Crippen LogP contribution in [0.4, 0.5) is 5.00 Å². The quantitative estimate of drug-likeness (QED) is 0.763. The van der Waals surface area contributed by atoms with E-state index in [1.165, 1.54) is 11.3 Å². The highest BCUT2D eigenvalue weighted by Crippen LogP contribution is 2.33. The second kappa shape index (κ2) is 3.95. The summed E-state index contributed by atoms with van der Waals surface area (Å²) in [5, 5.41) is 4.68. The molecule has 18 heavy (non-hydrogen) atoms. The van der Waals surface area contributed by atoms with Crippen molar-refractivity contribution in [2.24, 2.45) is 7.05 Å². The number of hydrogen-bond acceptors (Lipinski definition) is 6. The maximum Gasteiger partial charge on any atom is 0.268 e. The third kappa shape index (κ3) is 1.68. The minimum atomic E-state index is 0.476. The molecular weight excluding hydrogens is 250 g/mol. The molecule has 0 saturated heterocycles. The van der Waals surface area contributed by atoms with Crippen LogP contribution in [0.25, 0.3) is 22.4 Å². The van der Waals surface area contributed by atoms with E-state index in [1.54, 1.807) is 6.20 Å². The van der Waals surface area contributed by atoms with Crippen molar-refractivity contribution < 1.29 is 4.52 Å². The van der Waals surface area contributed by atoms with Crippen LogP contribution >= 0.6 is 11.3 Å². The fourth-order valence-electron chi connectivity index (χ4n) is 1.71. The summed E-state index contributed by atoms with van der Waals surface area (Å²) < 4.78 is 7.10. The van der Waals surface area contributed by atoms with Gasteiger partial charge < -0.3 is 14.8 Å². The second-order valence-corrected chi connectivity index (χ2v) is 5.03. The van der Waals surface area contributed by atoms with Gasteiger partial charge in [0.25, 0.3) is 5.89 Å². The van der Waals surface area contributed by atoms with E-state index < -0.39 is 0 Å². The minimum Gasteiger partial charge on any atom is -0.391 e. The average molecular weight is 261 g/mol.